The Morgan fingerprint density at radius 2 is 1.89 bits per heavy atom. The largest absolute Gasteiger partial charge is 0.369 e. The summed E-state index contributed by atoms with van der Waals surface area (Å²) in [7, 11) is 0. The first-order chi connectivity index (χ1) is 9.42. The predicted molar refractivity (Wildman–Crippen MR) is 84.9 cm³/mol. The van der Waals surface area contributed by atoms with Gasteiger partial charge in [0.05, 0.1) is 5.52 Å². The maximum Gasteiger partial charge on any atom is 0.137 e. The number of nitrogens with zero attached hydrogens (tertiary/aromatic N) is 2. The number of aromatic nitrogens is 2. The van der Waals surface area contributed by atoms with Crippen LogP contribution < -0.4 is 5.32 Å². The second kappa shape index (κ2) is 8.00. The molecule has 0 aliphatic rings. The molecular formula is C15H21N3S. The van der Waals surface area contributed by atoms with Gasteiger partial charge in [0.15, 0.2) is 0 Å². The molecular weight excluding hydrogens is 254 g/mol. The minimum atomic E-state index is 0.953. The first-order valence-corrected chi connectivity index (χ1v) is 8.24. The van der Waals surface area contributed by atoms with Crippen molar-refractivity contribution in [1.82, 2.24) is 9.97 Å². The number of rotatable bonds is 8. The van der Waals surface area contributed by atoms with E-state index in [0.717, 1.165) is 23.3 Å². The summed E-state index contributed by atoms with van der Waals surface area (Å²) in [5.41, 5.74) is 1.000. The molecule has 1 N–H and O–H groups in total. The molecule has 0 unspecified atom stereocenters. The molecule has 0 atom stereocenters. The van der Waals surface area contributed by atoms with Crippen molar-refractivity contribution in [2.45, 2.75) is 25.7 Å². The minimum absolute atomic E-state index is 0.953. The molecule has 0 saturated carbocycles. The lowest BCUT2D eigenvalue weighted by Crippen LogP contribution is -2.04. The summed E-state index contributed by atoms with van der Waals surface area (Å²) in [6, 6.07) is 8.12. The van der Waals surface area contributed by atoms with Gasteiger partial charge in [-0.15, -0.1) is 0 Å². The zero-order valence-corrected chi connectivity index (χ0v) is 12.2. The summed E-state index contributed by atoms with van der Waals surface area (Å²) < 4.78 is 0. The molecule has 19 heavy (non-hydrogen) atoms. The van der Waals surface area contributed by atoms with Crippen molar-refractivity contribution in [2.75, 3.05) is 23.9 Å². The van der Waals surface area contributed by atoms with Gasteiger partial charge in [0.1, 0.15) is 12.1 Å². The van der Waals surface area contributed by atoms with E-state index in [9.17, 15) is 0 Å². The third kappa shape index (κ3) is 4.39. The fraction of sp³-hybridized carbons (Fsp3) is 0.467. The Labute approximate surface area is 119 Å². The Bertz CT molecular complexity index is 496. The maximum atomic E-state index is 4.33. The molecule has 102 valence electrons. The van der Waals surface area contributed by atoms with E-state index in [0.29, 0.717) is 0 Å². The third-order valence-corrected chi connectivity index (χ3v) is 3.81. The van der Waals surface area contributed by atoms with E-state index in [1.54, 1.807) is 6.33 Å². The van der Waals surface area contributed by atoms with Gasteiger partial charge >= 0.3 is 0 Å². The number of hydrogen-bond donors (Lipinski definition) is 1. The lowest BCUT2D eigenvalue weighted by Gasteiger charge is -2.07. The molecule has 1 aromatic carbocycles. The summed E-state index contributed by atoms with van der Waals surface area (Å²) in [4.78, 5) is 8.60. The van der Waals surface area contributed by atoms with Gasteiger partial charge in [-0.1, -0.05) is 25.0 Å². The topological polar surface area (TPSA) is 37.8 Å². The van der Waals surface area contributed by atoms with E-state index < -0.39 is 0 Å². The lowest BCUT2D eigenvalue weighted by molar-refractivity contribution is 0.688. The van der Waals surface area contributed by atoms with Crippen molar-refractivity contribution >= 4 is 28.5 Å². The molecule has 0 aliphatic heterocycles. The monoisotopic (exact) mass is 275 g/mol. The zero-order chi connectivity index (χ0) is 13.3. The first kappa shape index (κ1) is 14.1. The molecule has 0 radical (unpaired) electrons. The summed E-state index contributed by atoms with van der Waals surface area (Å²) in [5, 5.41) is 4.53. The lowest BCUT2D eigenvalue weighted by atomic mass is 10.2. The van der Waals surface area contributed by atoms with E-state index >= 15 is 0 Å². The second-order valence-electron chi connectivity index (χ2n) is 4.57. The van der Waals surface area contributed by atoms with E-state index in [-0.39, 0.29) is 0 Å². The van der Waals surface area contributed by atoms with E-state index in [1.807, 2.05) is 30.0 Å². The first-order valence-electron chi connectivity index (χ1n) is 6.84. The number of anilines is 1. The van der Waals surface area contributed by atoms with Crippen LogP contribution in [0.4, 0.5) is 5.82 Å². The van der Waals surface area contributed by atoms with Gasteiger partial charge in [0.2, 0.25) is 0 Å². The number of hydrogen-bond acceptors (Lipinski definition) is 4. The molecule has 0 amide bonds. The Balaban J connectivity index is 1.78. The zero-order valence-electron chi connectivity index (χ0n) is 11.4. The minimum Gasteiger partial charge on any atom is -0.369 e. The summed E-state index contributed by atoms with van der Waals surface area (Å²) in [6.45, 7) is 0.986. The average Bonchev–Trinajstić information content (AvgIpc) is 2.46. The Hall–Kier alpha value is -1.29. The van der Waals surface area contributed by atoms with Gasteiger partial charge in [0.25, 0.3) is 0 Å². The average molecular weight is 275 g/mol. The molecule has 1 aromatic heterocycles. The van der Waals surface area contributed by atoms with Crippen LogP contribution in [0.15, 0.2) is 30.6 Å². The highest BCUT2D eigenvalue weighted by Crippen LogP contribution is 2.18. The van der Waals surface area contributed by atoms with Crippen molar-refractivity contribution in [1.29, 1.82) is 0 Å². The third-order valence-electron chi connectivity index (χ3n) is 3.11. The SMILES string of the molecule is CSCCCCCCNc1ncnc2ccccc12. The predicted octanol–water partition coefficient (Wildman–Crippen LogP) is 3.97. The smallest absolute Gasteiger partial charge is 0.137 e. The molecule has 0 spiro atoms. The molecule has 0 saturated heterocycles. The normalized spacial score (nSPS) is 10.8. The Morgan fingerprint density at radius 1 is 1.05 bits per heavy atom. The van der Waals surface area contributed by atoms with Gasteiger partial charge in [0, 0.05) is 11.9 Å². The van der Waals surface area contributed by atoms with Gasteiger partial charge in [-0.25, -0.2) is 9.97 Å². The number of unbranched alkanes of at least 4 members (excludes halogenated alkanes) is 3. The number of thioether (sulfide) groups is 1. The molecule has 2 rings (SSSR count). The van der Waals surface area contributed by atoms with Gasteiger partial charge in [-0.3, -0.25) is 0 Å². The van der Waals surface area contributed by atoms with Gasteiger partial charge in [-0.05, 0) is 37.0 Å². The highest BCUT2D eigenvalue weighted by molar-refractivity contribution is 7.98. The van der Waals surface area contributed by atoms with Crippen LogP contribution in [0.25, 0.3) is 10.9 Å². The molecule has 4 heteroatoms. The van der Waals surface area contributed by atoms with Crippen LogP contribution in [-0.2, 0) is 0 Å². The van der Waals surface area contributed by atoms with Gasteiger partial charge in [-0.2, -0.15) is 11.8 Å². The van der Waals surface area contributed by atoms with Crippen LogP contribution in [0.5, 0.6) is 0 Å². The fourth-order valence-electron chi connectivity index (χ4n) is 2.08. The van der Waals surface area contributed by atoms with Crippen molar-refractivity contribution in [3.05, 3.63) is 30.6 Å². The van der Waals surface area contributed by atoms with E-state index in [4.69, 9.17) is 0 Å². The van der Waals surface area contributed by atoms with Crippen molar-refractivity contribution in [3.63, 3.8) is 0 Å². The summed E-state index contributed by atoms with van der Waals surface area (Å²) >= 11 is 1.93. The van der Waals surface area contributed by atoms with E-state index in [1.165, 1.54) is 31.4 Å². The second-order valence-corrected chi connectivity index (χ2v) is 5.56. The van der Waals surface area contributed by atoms with Gasteiger partial charge < -0.3 is 5.32 Å². The fourth-order valence-corrected chi connectivity index (χ4v) is 2.57. The Morgan fingerprint density at radius 3 is 2.79 bits per heavy atom. The van der Waals surface area contributed by atoms with Crippen LogP contribution in [0, 0.1) is 0 Å². The van der Waals surface area contributed by atoms with Crippen LogP contribution in [0.2, 0.25) is 0 Å². The maximum absolute atomic E-state index is 4.33. The summed E-state index contributed by atoms with van der Waals surface area (Å²) in [5.74, 6) is 2.24. The molecule has 1 heterocycles. The molecule has 0 bridgehead atoms. The number of fused-ring (bicyclic) bond motifs is 1. The summed E-state index contributed by atoms with van der Waals surface area (Å²) in [6.07, 6.45) is 8.94. The number of para-hydroxylation sites is 1. The van der Waals surface area contributed by atoms with Crippen molar-refractivity contribution < 1.29 is 0 Å². The van der Waals surface area contributed by atoms with Crippen LogP contribution in [-0.4, -0.2) is 28.5 Å². The number of benzene rings is 1. The van der Waals surface area contributed by atoms with Crippen molar-refractivity contribution in [2.24, 2.45) is 0 Å². The van der Waals surface area contributed by atoms with Crippen molar-refractivity contribution in [3.8, 4) is 0 Å². The van der Waals surface area contributed by atoms with Crippen LogP contribution in [0.1, 0.15) is 25.7 Å². The highest BCUT2D eigenvalue weighted by Gasteiger charge is 2.01. The highest BCUT2D eigenvalue weighted by atomic mass is 32.2. The number of nitrogens with one attached hydrogen (secondary N) is 1. The van der Waals surface area contributed by atoms with Crippen LogP contribution in [0.3, 0.4) is 0 Å². The molecule has 0 fully saturated rings. The van der Waals surface area contributed by atoms with E-state index in [2.05, 4.69) is 27.6 Å². The Kier molecular flexibility index (Phi) is 5.95. The standard InChI is InChI=1S/C15H21N3S/c1-19-11-7-3-2-6-10-16-15-13-8-4-5-9-14(13)17-12-18-15/h4-5,8-9,12H,2-3,6-7,10-11H2,1H3,(H,16,17,18). The molecule has 3 nitrogen and oxygen atoms in total. The van der Waals surface area contributed by atoms with Crippen LogP contribution >= 0.6 is 11.8 Å². The quantitative estimate of drug-likeness (QED) is 0.740. The molecule has 2 aromatic rings. The molecule has 0 aliphatic carbocycles.